The van der Waals surface area contributed by atoms with Crippen molar-refractivity contribution in [1.29, 1.82) is 0 Å². The van der Waals surface area contributed by atoms with Crippen LogP contribution in [0.5, 0.6) is 0 Å². The first-order chi connectivity index (χ1) is 18.7. The predicted octanol–water partition coefficient (Wildman–Crippen LogP) is 4.62. The molecule has 202 valence electrons. The fourth-order valence-electron chi connectivity index (χ4n) is 5.26. The maximum Gasteiger partial charge on any atom is 0.491 e. The lowest BCUT2D eigenvalue weighted by molar-refractivity contribution is 0.0523. The largest absolute Gasteiger partial charge is 0.491 e. The highest BCUT2D eigenvalue weighted by Crippen LogP contribution is 2.30. The maximum absolute atomic E-state index is 13.2. The van der Waals surface area contributed by atoms with Gasteiger partial charge in [0.2, 0.25) is 0 Å². The first-order valence-corrected chi connectivity index (χ1v) is 13.5. The molecule has 2 heterocycles. The monoisotopic (exact) mass is 526 g/mol. The van der Waals surface area contributed by atoms with E-state index in [-0.39, 0.29) is 5.91 Å². The molecule has 2 amide bonds. The first-order valence-electron chi connectivity index (χ1n) is 13.5. The third-order valence-electron chi connectivity index (χ3n) is 7.31. The summed E-state index contributed by atoms with van der Waals surface area (Å²) in [6.07, 6.45) is 1.38. The van der Waals surface area contributed by atoms with E-state index in [0.29, 0.717) is 37.7 Å². The molecular formula is C31H35BN2O5. The minimum absolute atomic E-state index is 0.0563. The lowest BCUT2D eigenvalue weighted by Gasteiger charge is -2.32. The van der Waals surface area contributed by atoms with Crippen molar-refractivity contribution in [1.82, 2.24) is 10.2 Å². The highest BCUT2D eigenvalue weighted by Gasteiger charge is 2.28. The standard InChI is InChI=1S/C31H35BN2O5/c1-31(2,3)39-30(36)33-19-21-5-4-6-25(17-21)23-13-15-34(16-14-23)29(35)24-9-7-22(8-10-24)26-11-12-28-27(18-26)20-38-32(28)37/h4-12,17-18,23,37H,13-16,19-20H2,1-3H3,(H,33,36). The van der Waals surface area contributed by atoms with Gasteiger partial charge in [-0.3, -0.25) is 4.79 Å². The van der Waals surface area contributed by atoms with E-state index in [1.807, 2.05) is 80.3 Å². The summed E-state index contributed by atoms with van der Waals surface area (Å²) in [5.74, 6) is 0.431. The minimum atomic E-state index is -0.844. The molecule has 0 unspecified atom stereocenters. The Morgan fingerprint density at radius 2 is 1.74 bits per heavy atom. The van der Waals surface area contributed by atoms with E-state index in [0.717, 1.165) is 40.6 Å². The van der Waals surface area contributed by atoms with Crippen LogP contribution in [0.15, 0.2) is 66.7 Å². The zero-order valence-corrected chi connectivity index (χ0v) is 22.8. The van der Waals surface area contributed by atoms with Gasteiger partial charge in [-0.25, -0.2) is 4.79 Å². The van der Waals surface area contributed by atoms with Crippen molar-refractivity contribution in [3.63, 3.8) is 0 Å². The third-order valence-corrected chi connectivity index (χ3v) is 7.31. The average Bonchev–Trinajstić information content (AvgIpc) is 3.31. The third kappa shape index (κ3) is 6.52. The average molecular weight is 526 g/mol. The molecule has 1 fully saturated rings. The molecule has 0 spiro atoms. The number of nitrogens with zero attached hydrogens (tertiary/aromatic N) is 1. The number of benzene rings is 3. The van der Waals surface area contributed by atoms with Gasteiger partial charge in [0.15, 0.2) is 0 Å². The van der Waals surface area contributed by atoms with Gasteiger partial charge in [-0.1, -0.05) is 48.5 Å². The number of hydrogen-bond acceptors (Lipinski definition) is 5. The predicted molar refractivity (Wildman–Crippen MR) is 152 cm³/mol. The number of piperidine rings is 1. The number of likely N-dealkylation sites (tertiary alicyclic amines) is 1. The quantitative estimate of drug-likeness (QED) is 0.474. The summed E-state index contributed by atoms with van der Waals surface area (Å²) in [4.78, 5) is 27.1. The van der Waals surface area contributed by atoms with Gasteiger partial charge in [-0.2, -0.15) is 0 Å². The van der Waals surface area contributed by atoms with Gasteiger partial charge < -0.3 is 24.6 Å². The normalized spacial score (nSPS) is 15.7. The van der Waals surface area contributed by atoms with Crippen molar-refractivity contribution in [2.24, 2.45) is 0 Å². The molecule has 2 aliphatic rings. The maximum atomic E-state index is 13.2. The summed E-state index contributed by atoms with van der Waals surface area (Å²) in [7, 11) is -0.844. The van der Waals surface area contributed by atoms with Gasteiger partial charge in [0.1, 0.15) is 5.60 Å². The van der Waals surface area contributed by atoms with Crippen LogP contribution >= 0.6 is 0 Å². The number of fused-ring (bicyclic) bond motifs is 1. The Labute approximate surface area is 230 Å². The van der Waals surface area contributed by atoms with Crippen molar-refractivity contribution < 1.29 is 24.0 Å². The van der Waals surface area contributed by atoms with E-state index >= 15 is 0 Å². The molecular weight excluding hydrogens is 491 g/mol. The number of carbonyl (C=O) groups excluding carboxylic acids is 2. The van der Waals surface area contributed by atoms with Gasteiger partial charge >= 0.3 is 13.2 Å². The van der Waals surface area contributed by atoms with Crippen molar-refractivity contribution >= 4 is 24.6 Å². The number of rotatable bonds is 5. The van der Waals surface area contributed by atoms with Crippen LogP contribution in [0, 0.1) is 0 Å². The lowest BCUT2D eigenvalue weighted by atomic mass is 9.79. The molecule has 0 bridgehead atoms. The molecule has 0 aliphatic carbocycles. The van der Waals surface area contributed by atoms with Crippen LogP contribution in [0.2, 0.25) is 0 Å². The molecule has 39 heavy (non-hydrogen) atoms. The van der Waals surface area contributed by atoms with Gasteiger partial charge in [-0.05, 0) is 91.0 Å². The van der Waals surface area contributed by atoms with Crippen LogP contribution in [-0.4, -0.2) is 47.7 Å². The number of nitrogens with one attached hydrogen (secondary N) is 1. The Kier molecular flexibility index (Phi) is 7.77. The van der Waals surface area contributed by atoms with E-state index < -0.39 is 18.8 Å². The Morgan fingerprint density at radius 3 is 2.46 bits per heavy atom. The van der Waals surface area contributed by atoms with Crippen molar-refractivity contribution in [3.8, 4) is 11.1 Å². The highest BCUT2D eigenvalue weighted by atomic mass is 16.6. The molecule has 5 rings (SSSR count). The SMILES string of the molecule is CC(C)(C)OC(=O)NCc1cccc(C2CCN(C(=O)c3ccc(-c4ccc5c(c4)COB5O)cc3)CC2)c1. The van der Waals surface area contributed by atoms with Gasteiger partial charge in [0.05, 0.1) is 6.61 Å². The summed E-state index contributed by atoms with van der Waals surface area (Å²) in [5, 5.41) is 12.7. The fraction of sp³-hybridized carbons (Fsp3) is 0.355. The zero-order chi connectivity index (χ0) is 27.6. The van der Waals surface area contributed by atoms with Crippen LogP contribution in [0.4, 0.5) is 4.79 Å². The van der Waals surface area contributed by atoms with E-state index in [2.05, 4.69) is 17.4 Å². The van der Waals surface area contributed by atoms with E-state index in [9.17, 15) is 14.6 Å². The molecule has 3 aromatic rings. The summed E-state index contributed by atoms with van der Waals surface area (Å²) in [6.45, 7) is 7.77. The van der Waals surface area contributed by atoms with Gasteiger partial charge in [0, 0.05) is 25.2 Å². The van der Waals surface area contributed by atoms with Crippen molar-refractivity contribution in [3.05, 3.63) is 89.0 Å². The molecule has 2 N–H and O–H groups in total. The molecule has 8 heteroatoms. The Hall–Kier alpha value is -3.62. The lowest BCUT2D eigenvalue weighted by Crippen LogP contribution is -2.37. The molecule has 0 atom stereocenters. The highest BCUT2D eigenvalue weighted by molar-refractivity contribution is 6.61. The van der Waals surface area contributed by atoms with Crippen molar-refractivity contribution in [2.45, 2.75) is 58.3 Å². The molecule has 1 saturated heterocycles. The summed E-state index contributed by atoms with van der Waals surface area (Å²) in [5.41, 5.74) is 6.30. The van der Waals surface area contributed by atoms with E-state index in [1.165, 1.54) is 5.56 Å². The van der Waals surface area contributed by atoms with Crippen molar-refractivity contribution in [2.75, 3.05) is 13.1 Å². The Balaban J connectivity index is 1.15. The molecule has 0 radical (unpaired) electrons. The number of hydrogen-bond donors (Lipinski definition) is 2. The first kappa shape index (κ1) is 27.0. The van der Waals surface area contributed by atoms with Crippen LogP contribution in [0.25, 0.3) is 11.1 Å². The number of amides is 2. The Morgan fingerprint density at radius 1 is 1.03 bits per heavy atom. The topological polar surface area (TPSA) is 88.1 Å². The van der Waals surface area contributed by atoms with E-state index in [1.54, 1.807) is 0 Å². The summed E-state index contributed by atoms with van der Waals surface area (Å²) >= 11 is 0. The Bertz CT molecular complexity index is 1340. The second kappa shape index (κ2) is 11.2. The minimum Gasteiger partial charge on any atom is -0.444 e. The van der Waals surface area contributed by atoms with Crippen LogP contribution in [0.1, 0.15) is 66.6 Å². The van der Waals surface area contributed by atoms with Gasteiger partial charge in [-0.15, -0.1) is 0 Å². The second-order valence-electron chi connectivity index (χ2n) is 11.3. The molecule has 0 saturated carbocycles. The summed E-state index contributed by atoms with van der Waals surface area (Å²) in [6, 6.07) is 21.9. The zero-order valence-electron chi connectivity index (χ0n) is 22.8. The van der Waals surface area contributed by atoms with Crippen LogP contribution in [0.3, 0.4) is 0 Å². The summed E-state index contributed by atoms with van der Waals surface area (Å²) < 4.78 is 10.6. The molecule has 3 aromatic carbocycles. The van der Waals surface area contributed by atoms with Crippen LogP contribution in [-0.2, 0) is 22.5 Å². The number of alkyl carbamates (subject to hydrolysis) is 1. The van der Waals surface area contributed by atoms with Crippen LogP contribution < -0.4 is 10.8 Å². The second-order valence-corrected chi connectivity index (χ2v) is 11.3. The molecule has 0 aromatic heterocycles. The number of ether oxygens (including phenoxy) is 1. The molecule has 7 nitrogen and oxygen atoms in total. The fourth-order valence-corrected chi connectivity index (χ4v) is 5.26. The number of carbonyl (C=O) groups is 2. The van der Waals surface area contributed by atoms with Gasteiger partial charge in [0.25, 0.3) is 5.91 Å². The smallest absolute Gasteiger partial charge is 0.444 e. The van der Waals surface area contributed by atoms with E-state index in [4.69, 9.17) is 9.39 Å². The molecule has 2 aliphatic heterocycles.